The average molecular weight is 948 g/mol. The number of fused-ring (bicyclic) bond motifs is 6. The number of halogens is 3. The number of alkyl halides is 3. The Kier molecular flexibility index (Phi) is 14.8. The highest BCUT2D eigenvalue weighted by Crippen LogP contribution is 2.43. The predicted octanol–water partition coefficient (Wildman–Crippen LogP) is 5.58. The van der Waals surface area contributed by atoms with Crippen LogP contribution in [0.5, 0.6) is 0 Å². The number of likely N-dealkylation sites (tertiary alicyclic amines) is 1. The van der Waals surface area contributed by atoms with Crippen LogP contribution in [0.1, 0.15) is 84.1 Å². The van der Waals surface area contributed by atoms with Crippen molar-refractivity contribution < 1.29 is 51.0 Å². The molecule has 2 fully saturated rings. The van der Waals surface area contributed by atoms with Gasteiger partial charge in [-0.15, -0.1) is 10.2 Å². The zero-order valence-corrected chi connectivity index (χ0v) is 39.5. The van der Waals surface area contributed by atoms with E-state index in [1.807, 2.05) is 20.8 Å². The molecular weight excluding hydrogens is 888 g/mol. The number of hydrogen-bond acceptors (Lipinski definition) is 12. The van der Waals surface area contributed by atoms with Crippen LogP contribution in [0, 0.1) is 17.3 Å². The monoisotopic (exact) mass is 947 g/mol. The fraction of sp³-hybridized carbons (Fsp3) is 0.542. The average Bonchev–Trinajstić information content (AvgIpc) is 4.05. The van der Waals surface area contributed by atoms with Crippen molar-refractivity contribution in [2.45, 2.75) is 111 Å². The molecule has 5 atom stereocenters. The standard InChI is InChI=1S/C48H60F3N9O8/c1-9-38(61)58-20-17-30(24-58)44(63)57(8)40(27(3)4)42(62)53-35-22-37-54-55-43(68-37)29-15-16-36-32(21-29)33(23-47(6,7)26-67-46(65)34-14-12-19-60(56-34)45(35)64)41(59(36)25-48(49,50)51)31-13-11-18-52-39(31)28(5)66-10-2/h9,11,13,15-16,18,21,27-28,30,34-35,40,56H,1,10,12,14,17,19-20,22-26H2,2-8H3,(H,53,62)/t28-,30-,34-,35-,40-/m0/s1. The lowest BCUT2D eigenvalue weighted by Gasteiger charge is -2.36. The zero-order chi connectivity index (χ0) is 49.2. The van der Waals surface area contributed by atoms with Gasteiger partial charge in [-0.3, -0.25) is 34.0 Å². The molecule has 4 amide bonds. The van der Waals surface area contributed by atoms with Crippen molar-refractivity contribution in [2.75, 3.05) is 39.9 Å². The third-order valence-corrected chi connectivity index (χ3v) is 12.8. The maximum absolute atomic E-state index is 14.7. The van der Waals surface area contributed by atoms with Crippen molar-refractivity contribution in [3.63, 3.8) is 0 Å². The third kappa shape index (κ3) is 10.8. The lowest BCUT2D eigenvalue weighted by Crippen LogP contribution is -2.62. The second-order valence-electron chi connectivity index (χ2n) is 18.9. The fourth-order valence-corrected chi connectivity index (χ4v) is 9.58. The summed E-state index contributed by atoms with van der Waals surface area (Å²) in [5, 5.41) is 13.1. The minimum absolute atomic E-state index is 0.0129. The van der Waals surface area contributed by atoms with Gasteiger partial charge in [-0.05, 0) is 87.4 Å². The summed E-state index contributed by atoms with van der Waals surface area (Å²) in [4.78, 5) is 76.3. The van der Waals surface area contributed by atoms with Gasteiger partial charge in [0.2, 0.25) is 29.5 Å². The van der Waals surface area contributed by atoms with E-state index in [-0.39, 0.29) is 67.3 Å². The number of benzene rings is 1. The van der Waals surface area contributed by atoms with Gasteiger partial charge >= 0.3 is 12.1 Å². The summed E-state index contributed by atoms with van der Waals surface area (Å²) in [5.74, 6) is -3.50. The van der Waals surface area contributed by atoms with Crippen LogP contribution in [0.15, 0.2) is 53.6 Å². The molecule has 3 aromatic heterocycles. The van der Waals surface area contributed by atoms with E-state index in [4.69, 9.17) is 13.9 Å². The molecule has 366 valence electrons. The van der Waals surface area contributed by atoms with Crippen LogP contribution < -0.4 is 10.7 Å². The highest BCUT2D eigenvalue weighted by Gasteiger charge is 2.41. The molecule has 4 aromatic rings. The van der Waals surface area contributed by atoms with Gasteiger partial charge in [0.15, 0.2) is 0 Å². The summed E-state index contributed by atoms with van der Waals surface area (Å²) in [6, 6.07) is 4.90. The number of likely N-dealkylation sites (N-methyl/N-ethyl adjacent to an activating group) is 1. The summed E-state index contributed by atoms with van der Waals surface area (Å²) in [6.07, 6.45) is -1.44. The summed E-state index contributed by atoms with van der Waals surface area (Å²) in [6.45, 7) is 14.0. The molecule has 3 aliphatic rings. The Hall–Kier alpha value is -6.15. The van der Waals surface area contributed by atoms with E-state index in [0.717, 1.165) is 0 Å². The number of rotatable bonds is 11. The second kappa shape index (κ2) is 20.2. The normalized spacial score (nSPS) is 21.0. The predicted molar refractivity (Wildman–Crippen MR) is 243 cm³/mol. The van der Waals surface area contributed by atoms with Crippen molar-refractivity contribution in [1.29, 1.82) is 0 Å². The SMILES string of the molecule is C=CC(=O)N1CC[C@H](C(=O)N(C)[C@H](C(=O)N[C@H]2Cc3nnc(o3)-c3ccc4c(c3)c(c(-c3cccnc3[C@H](C)OCC)n4CC(F)(F)F)CC(C)(C)COC(=O)[C@@H]3CCCN(N3)C2=O)C(C)C)C1. The van der Waals surface area contributed by atoms with Crippen molar-refractivity contribution in [3.05, 3.63) is 66.3 Å². The van der Waals surface area contributed by atoms with Gasteiger partial charge in [-0.2, -0.15) is 13.2 Å². The summed E-state index contributed by atoms with van der Waals surface area (Å²) in [7, 11) is 1.52. The van der Waals surface area contributed by atoms with Gasteiger partial charge in [-0.25, -0.2) is 5.43 Å². The number of carbonyl (C=O) groups excluding carboxylic acids is 5. The number of ether oxygens (including phenoxy) is 2. The molecule has 6 bridgehead atoms. The molecule has 2 N–H and O–H groups in total. The second-order valence-corrected chi connectivity index (χ2v) is 18.9. The van der Waals surface area contributed by atoms with Gasteiger partial charge < -0.3 is 33.6 Å². The first-order chi connectivity index (χ1) is 32.2. The van der Waals surface area contributed by atoms with E-state index in [2.05, 4.69) is 32.5 Å². The minimum atomic E-state index is -4.63. The molecule has 17 nitrogen and oxygen atoms in total. The van der Waals surface area contributed by atoms with Gasteiger partial charge in [0.05, 0.1) is 36.4 Å². The van der Waals surface area contributed by atoms with Crippen LogP contribution in [0.25, 0.3) is 33.6 Å². The number of aromatic nitrogens is 4. The Morgan fingerprint density at radius 3 is 2.59 bits per heavy atom. The van der Waals surface area contributed by atoms with E-state index < -0.39 is 72.0 Å². The first-order valence-electron chi connectivity index (χ1n) is 23.0. The molecule has 7 rings (SSSR count). The molecule has 0 radical (unpaired) electrons. The van der Waals surface area contributed by atoms with Gasteiger partial charge in [0, 0.05) is 66.9 Å². The lowest BCUT2D eigenvalue weighted by molar-refractivity contribution is -0.155. The number of hydrazine groups is 1. The van der Waals surface area contributed by atoms with E-state index in [0.29, 0.717) is 60.2 Å². The van der Waals surface area contributed by atoms with E-state index >= 15 is 0 Å². The van der Waals surface area contributed by atoms with Crippen molar-refractivity contribution >= 4 is 40.5 Å². The highest BCUT2D eigenvalue weighted by molar-refractivity contribution is 5.96. The molecule has 2 saturated heterocycles. The molecule has 1 aromatic carbocycles. The summed E-state index contributed by atoms with van der Waals surface area (Å²) >= 11 is 0. The first kappa shape index (κ1) is 49.7. The minimum Gasteiger partial charge on any atom is -0.464 e. The number of hydrogen-bond donors (Lipinski definition) is 2. The zero-order valence-electron chi connectivity index (χ0n) is 39.5. The Balaban J connectivity index is 1.30. The van der Waals surface area contributed by atoms with Crippen LogP contribution in [0.2, 0.25) is 0 Å². The molecule has 0 aliphatic carbocycles. The smallest absolute Gasteiger partial charge is 0.406 e. The van der Waals surface area contributed by atoms with Crippen LogP contribution in [-0.2, 0) is 52.8 Å². The number of carbonyl (C=O) groups is 5. The molecule has 0 unspecified atom stereocenters. The number of pyridine rings is 1. The quantitative estimate of drug-likeness (QED) is 0.140. The number of amides is 4. The molecule has 3 aliphatic heterocycles. The topological polar surface area (TPSA) is 194 Å². The highest BCUT2D eigenvalue weighted by atomic mass is 19.4. The van der Waals surface area contributed by atoms with E-state index in [9.17, 15) is 37.1 Å². The fourth-order valence-electron chi connectivity index (χ4n) is 9.58. The van der Waals surface area contributed by atoms with Gasteiger partial charge in [-0.1, -0.05) is 34.3 Å². The lowest BCUT2D eigenvalue weighted by atomic mass is 9.84. The van der Waals surface area contributed by atoms with Crippen molar-refractivity contribution in [2.24, 2.45) is 17.3 Å². The molecular formula is C48H60F3N9O8. The van der Waals surface area contributed by atoms with Crippen LogP contribution in [0.3, 0.4) is 0 Å². The maximum Gasteiger partial charge on any atom is 0.406 e. The van der Waals surface area contributed by atoms with Gasteiger partial charge in [0.25, 0.3) is 5.91 Å². The summed E-state index contributed by atoms with van der Waals surface area (Å²) in [5.41, 5.74) is 4.52. The van der Waals surface area contributed by atoms with Crippen LogP contribution >= 0.6 is 0 Å². The molecule has 0 saturated carbocycles. The largest absolute Gasteiger partial charge is 0.464 e. The van der Waals surface area contributed by atoms with Crippen LogP contribution in [-0.4, -0.2) is 128 Å². The van der Waals surface area contributed by atoms with E-state index in [1.165, 1.54) is 32.5 Å². The van der Waals surface area contributed by atoms with Crippen LogP contribution in [0.4, 0.5) is 13.2 Å². The molecule has 68 heavy (non-hydrogen) atoms. The van der Waals surface area contributed by atoms with Crippen molar-refractivity contribution in [1.82, 2.24) is 45.3 Å². The molecule has 6 heterocycles. The molecule has 20 heteroatoms. The first-order valence-corrected chi connectivity index (χ1v) is 23.0. The number of cyclic esters (lactones) is 1. The van der Waals surface area contributed by atoms with Crippen molar-refractivity contribution in [3.8, 4) is 22.7 Å². The number of nitrogens with one attached hydrogen (secondary N) is 2. The number of esters is 1. The van der Waals surface area contributed by atoms with E-state index in [1.54, 1.807) is 57.3 Å². The Labute approximate surface area is 392 Å². The Morgan fingerprint density at radius 2 is 1.88 bits per heavy atom. The summed E-state index contributed by atoms with van der Waals surface area (Å²) < 4.78 is 63.3. The maximum atomic E-state index is 14.7. The Bertz CT molecular complexity index is 2560. The molecule has 0 spiro atoms. The Morgan fingerprint density at radius 1 is 1.12 bits per heavy atom. The third-order valence-electron chi connectivity index (χ3n) is 12.8. The number of nitrogens with zero attached hydrogens (tertiary/aromatic N) is 7. The van der Waals surface area contributed by atoms with Gasteiger partial charge in [0.1, 0.15) is 24.7 Å².